The molecule has 0 aromatic heterocycles. The smallest absolute Gasteiger partial charge is 0.123 e. The van der Waals surface area contributed by atoms with Crippen molar-refractivity contribution < 1.29 is 5.21 Å². The van der Waals surface area contributed by atoms with E-state index < -0.39 is 0 Å². The van der Waals surface area contributed by atoms with Crippen LogP contribution in [0.1, 0.15) is 19.4 Å². The monoisotopic (exact) mass is 343 g/mol. The molecule has 0 saturated heterocycles. The Bertz CT molecular complexity index is 818. The number of halogens is 1. The maximum Gasteiger partial charge on any atom is 0.123 e. The molecule has 0 aliphatic carbocycles. The normalized spacial score (nSPS) is 17.5. The molecule has 1 N–H and O–H groups in total. The zero-order valence-electron chi connectivity index (χ0n) is 14.0. The molecule has 1 atom stereocenters. The van der Waals surface area contributed by atoms with Gasteiger partial charge in [0.1, 0.15) is 6.17 Å². The van der Waals surface area contributed by atoms with Gasteiger partial charge in [-0.2, -0.15) is 0 Å². The van der Waals surface area contributed by atoms with Gasteiger partial charge >= 0.3 is 0 Å². The summed E-state index contributed by atoms with van der Waals surface area (Å²) < 4.78 is 0. The highest BCUT2D eigenvalue weighted by Gasteiger charge is 2.23. The molecule has 4 nitrogen and oxygen atoms in total. The average molecular weight is 344 g/mol. The zero-order valence-corrected chi connectivity index (χ0v) is 14.7. The van der Waals surface area contributed by atoms with E-state index in [4.69, 9.17) is 16.6 Å². The third-order valence-corrected chi connectivity index (χ3v) is 4.61. The maximum absolute atomic E-state index is 10.8. The van der Waals surface area contributed by atoms with Gasteiger partial charge in [0.05, 0.1) is 17.6 Å². The number of nitrogens with zero attached hydrogens (tertiary/aromatic N) is 3. The van der Waals surface area contributed by atoms with E-state index in [1.54, 1.807) is 0 Å². The Labute approximate surface area is 147 Å². The highest BCUT2D eigenvalue weighted by Crippen LogP contribution is 2.18. The largest absolute Gasteiger partial charge is 0.288 e. The van der Waals surface area contributed by atoms with Crippen LogP contribution in [0.3, 0.4) is 0 Å². The van der Waals surface area contributed by atoms with Crippen molar-refractivity contribution in [1.29, 1.82) is 0 Å². The van der Waals surface area contributed by atoms with Crippen LogP contribution in [0.5, 0.6) is 0 Å². The minimum Gasteiger partial charge on any atom is -0.288 e. The Morgan fingerprint density at radius 1 is 1.17 bits per heavy atom. The number of hydroxylamine groups is 2. The quantitative estimate of drug-likeness (QED) is 0.927. The maximum atomic E-state index is 10.8. The molecule has 1 aliphatic heterocycles. The van der Waals surface area contributed by atoms with Gasteiger partial charge in [-0.1, -0.05) is 55.8 Å². The van der Waals surface area contributed by atoms with Crippen LogP contribution in [0.15, 0.2) is 53.5 Å². The number of hydrogen-bond donors (Lipinski definition) is 1. The molecule has 1 heterocycles. The second kappa shape index (κ2) is 7.34. The Hall–Kier alpha value is -1.88. The van der Waals surface area contributed by atoms with Gasteiger partial charge in [-0.25, -0.2) is 0 Å². The van der Waals surface area contributed by atoms with Crippen LogP contribution in [0, 0.1) is 0 Å². The molecule has 2 aromatic carbocycles. The Morgan fingerprint density at radius 3 is 2.54 bits per heavy atom. The summed E-state index contributed by atoms with van der Waals surface area (Å²) in [6, 6.07) is 15.5. The summed E-state index contributed by atoms with van der Waals surface area (Å²) in [5, 5.41) is 14.5. The molecular weight excluding hydrogens is 322 g/mol. The molecule has 0 amide bonds. The topological polar surface area (TPSA) is 39.1 Å². The number of likely N-dealkylation sites (N-methyl/N-ethyl adjacent to an activating group) is 1. The summed E-state index contributed by atoms with van der Waals surface area (Å²) >= 11 is 6.22. The van der Waals surface area contributed by atoms with Gasteiger partial charge in [-0.3, -0.25) is 20.2 Å². The van der Waals surface area contributed by atoms with E-state index >= 15 is 0 Å². The Morgan fingerprint density at radius 2 is 1.88 bits per heavy atom. The zero-order chi connectivity index (χ0) is 17.1. The van der Waals surface area contributed by atoms with E-state index in [2.05, 4.69) is 18.7 Å². The van der Waals surface area contributed by atoms with E-state index in [-0.39, 0.29) is 6.17 Å². The van der Waals surface area contributed by atoms with E-state index in [0.29, 0.717) is 11.6 Å². The number of benzene rings is 2. The highest BCUT2D eigenvalue weighted by atomic mass is 35.5. The summed E-state index contributed by atoms with van der Waals surface area (Å²) in [6.07, 6.45) is -0.105. The fraction of sp³-hybridized carbons (Fsp3) is 0.316. The lowest BCUT2D eigenvalue weighted by Gasteiger charge is -2.29. The van der Waals surface area contributed by atoms with Gasteiger partial charge in [0.25, 0.3) is 0 Å². The summed E-state index contributed by atoms with van der Waals surface area (Å²) in [4.78, 5) is 7.12. The molecule has 0 radical (unpaired) electrons. The minimum absolute atomic E-state index is 0.105. The van der Waals surface area contributed by atoms with Gasteiger partial charge in [-0.05, 0) is 31.3 Å². The van der Waals surface area contributed by atoms with Gasteiger partial charge in [-0.15, -0.1) is 0 Å². The van der Waals surface area contributed by atoms with E-state index in [9.17, 15) is 5.21 Å². The predicted octanol–water partition coefficient (Wildman–Crippen LogP) is 2.49. The first-order chi connectivity index (χ1) is 11.6. The van der Waals surface area contributed by atoms with Crippen molar-refractivity contribution in [2.75, 3.05) is 19.6 Å². The van der Waals surface area contributed by atoms with Crippen LogP contribution in [-0.4, -0.2) is 41.0 Å². The molecule has 0 spiro atoms. The third-order valence-electron chi connectivity index (χ3n) is 4.38. The van der Waals surface area contributed by atoms with Crippen LogP contribution in [0.25, 0.3) is 5.70 Å². The van der Waals surface area contributed by atoms with Crippen molar-refractivity contribution in [1.82, 2.24) is 9.96 Å². The molecular formula is C19H22ClN3O. The van der Waals surface area contributed by atoms with Crippen molar-refractivity contribution in [2.24, 2.45) is 4.99 Å². The number of hydrogen-bond acceptors (Lipinski definition) is 4. The molecule has 5 heteroatoms. The van der Waals surface area contributed by atoms with Crippen molar-refractivity contribution in [3.8, 4) is 0 Å². The average Bonchev–Trinajstić information content (AvgIpc) is 2.72. The van der Waals surface area contributed by atoms with Gasteiger partial charge in [0, 0.05) is 15.8 Å². The van der Waals surface area contributed by atoms with Crippen LogP contribution in [0.4, 0.5) is 0 Å². The highest BCUT2D eigenvalue weighted by molar-refractivity contribution is 6.30. The van der Waals surface area contributed by atoms with Gasteiger partial charge in [0.2, 0.25) is 0 Å². The van der Waals surface area contributed by atoms with E-state index in [1.165, 1.54) is 5.06 Å². The fourth-order valence-electron chi connectivity index (χ4n) is 3.14. The number of rotatable bonds is 4. The van der Waals surface area contributed by atoms with E-state index in [1.807, 2.05) is 48.5 Å². The molecule has 0 saturated carbocycles. The lowest BCUT2D eigenvalue weighted by molar-refractivity contribution is -0.0456. The van der Waals surface area contributed by atoms with Crippen molar-refractivity contribution in [3.63, 3.8) is 0 Å². The first-order valence-corrected chi connectivity index (χ1v) is 8.65. The van der Waals surface area contributed by atoms with Crippen LogP contribution in [-0.2, 0) is 0 Å². The molecule has 3 rings (SSSR count). The first-order valence-electron chi connectivity index (χ1n) is 8.27. The van der Waals surface area contributed by atoms with E-state index in [0.717, 1.165) is 34.9 Å². The van der Waals surface area contributed by atoms with Crippen molar-refractivity contribution in [3.05, 3.63) is 69.7 Å². The second-order valence-corrected chi connectivity index (χ2v) is 6.23. The summed E-state index contributed by atoms with van der Waals surface area (Å²) in [5.74, 6) is 0. The second-order valence-electron chi connectivity index (χ2n) is 5.79. The number of fused-ring (bicyclic) bond motifs is 1. The summed E-state index contributed by atoms with van der Waals surface area (Å²) in [5.41, 5.74) is 1.69. The molecule has 0 bridgehead atoms. The van der Waals surface area contributed by atoms with Crippen molar-refractivity contribution >= 4 is 17.3 Å². The SMILES string of the molecule is CCN(CC)C1CN(O)C(c2ccccc2)=c2cc(Cl)ccc2=N1. The lowest BCUT2D eigenvalue weighted by atomic mass is 10.1. The fourth-order valence-corrected chi connectivity index (χ4v) is 3.31. The Kier molecular flexibility index (Phi) is 5.19. The molecule has 0 fully saturated rings. The van der Waals surface area contributed by atoms with Crippen LogP contribution in [0.2, 0.25) is 5.02 Å². The minimum atomic E-state index is -0.105. The first kappa shape index (κ1) is 17.0. The van der Waals surface area contributed by atoms with Crippen LogP contribution < -0.4 is 10.6 Å². The van der Waals surface area contributed by atoms with Crippen LogP contribution >= 0.6 is 11.6 Å². The van der Waals surface area contributed by atoms with Gasteiger partial charge < -0.3 is 0 Å². The summed E-state index contributed by atoms with van der Waals surface area (Å²) in [7, 11) is 0. The molecule has 1 aliphatic rings. The molecule has 24 heavy (non-hydrogen) atoms. The van der Waals surface area contributed by atoms with Crippen molar-refractivity contribution in [2.45, 2.75) is 20.0 Å². The summed E-state index contributed by atoms with van der Waals surface area (Å²) in [6.45, 7) is 6.38. The molecule has 2 aromatic rings. The molecule has 126 valence electrons. The predicted molar refractivity (Wildman–Crippen MR) is 96.4 cm³/mol. The lowest BCUT2D eigenvalue weighted by Crippen LogP contribution is -2.41. The molecule has 1 unspecified atom stereocenters. The third kappa shape index (κ3) is 3.31. The standard InChI is InChI=1S/C19H22ClN3O/c1-3-22(4-2)18-13-23(24)19(14-8-6-5-7-9-14)16-12-15(20)10-11-17(16)21-18/h5-12,18,24H,3-4,13H2,1-2H3. The van der Waals surface area contributed by atoms with Gasteiger partial charge in [0.15, 0.2) is 0 Å². The Balaban J connectivity index is 2.27.